The number of rotatable bonds is 4. The average molecular weight is 399 g/mol. The third kappa shape index (κ3) is 2.87. The number of furan rings is 1. The lowest BCUT2D eigenvalue weighted by Crippen LogP contribution is -2.07. The van der Waals surface area contributed by atoms with Crippen molar-refractivity contribution in [3.63, 3.8) is 0 Å². The van der Waals surface area contributed by atoms with Gasteiger partial charge in [-0.1, -0.05) is 11.6 Å². The molecule has 0 fully saturated rings. The number of esters is 1. The first-order valence-corrected chi connectivity index (χ1v) is 8.87. The van der Waals surface area contributed by atoms with Crippen LogP contribution in [0.5, 0.6) is 0 Å². The Bertz CT molecular complexity index is 1230. The van der Waals surface area contributed by atoms with E-state index in [9.17, 15) is 9.59 Å². The number of hydrogen-bond acceptors (Lipinski definition) is 7. The van der Waals surface area contributed by atoms with Crippen molar-refractivity contribution < 1.29 is 18.7 Å². The van der Waals surface area contributed by atoms with Crippen LogP contribution in [0.25, 0.3) is 21.9 Å². The van der Waals surface area contributed by atoms with Crippen LogP contribution in [-0.4, -0.2) is 33.2 Å². The fraction of sp³-hybridized carbons (Fsp3) is 0.158. The van der Waals surface area contributed by atoms with Crippen LogP contribution in [0.3, 0.4) is 0 Å². The monoisotopic (exact) mass is 398 g/mol. The number of aromatic nitrogens is 3. The fourth-order valence-electron chi connectivity index (χ4n) is 3.00. The van der Waals surface area contributed by atoms with Crippen LogP contribution in [0.2, 0.25) is 5.02 Å². The minimum absolute atomic E-state index is 0.0342. The largest absolute Gasteiger partial charge is 0.460 e. The lowest BCUT2D eigenvalue weighted by Gasteiger charge is -2.09. The highest BCUT2D eigenvalue weighted by Gasteiger charge is 2.23. The quantitative estimate of drug-likeness (QED) is 0.508. The molecule has 9 heteroatoms. The molecule has 1 aromatic carbocycles. The number of benzene rings is 1. The maximum absolute atomic E-state index is 12.4. The smallest absolute Gasteiger partial charge is 0.376 e. The molecule has 0 bridgehead atoms. The van der Waals surface area contributed by atoms with E-state index in [0.29, 0.717) is 38.3 Å². The highest BCUT2D eigenvalue weighted by molar-refractivity contribution is 6.36. The first-order chi connectivity index (χ1) is 13.5. The third-order valence-electron chi connectivity index (χ3n) is 4.19. The van der Waals surface area contributed by atoms with Gasteiger partial charge < -0.3 is 14.5 Å². The summed E-state index contributed by atoms with van der Waals surface area (Å²) in [6.07, 6.45) is 4.66. The SMILES string of the molecule is CCOC(=O)c1oc2cnccc2c1Nc1ccc(Cl)c2c1cnn2C(C)=O. The molecule has 0 saturated carbocycles. The van der Waals surface area contributed by atoms with Crippen molar-refractivity contribution >= 4 is 56.7 Å². The summed E-state index contributed by atoms with van der Waals surface area (Å²) >= 11 is 6.28. The fourth-order valence-corrected chi connectivity index (χ4v) is 3.24. The Labute approximate surface area is 164 Å². The highest BCUT2D eigenvalue weighted by Crippen LogP contribution is 2.37. The lowest BCUT2D eigenvalue weighted by molar-refractivity contribution is 0.0494. The molecule has 28 heavy (non-hydrogen) atoms. The Morgan fingerprint density at radius 2 is 2.07 bits per heavy atom. The number of nitrogens with one attached hydrogen (secondary N) is 1. The van der Waals surface area contributed by atoms with Gasteiger partial charge in [0.05, 0.1) is 29.5 Å². The van der Waals surface area contributed by atoms with Crippen molar-refractivity contribution in [2.24, 2.45) is 0 Å². The molecule has 0 aliphatic carbocycles. The number of halogens is 1. The summed E-state index contributed by atoms with van der Waals surface area (Å²) in [5.74, 6) is -0.821. The van der Waals surface area contributed by atoms with Crippen molar-refractivity contribution in [2.75, 3.05) is 11.9 Å². The summed E-state index contributed by atoms with van der Waals surface area (Å²) in [6.45, 7) is 3.33. The van der Waals surface area contributed by atoms with E-state index in [0.717, 1.165) is 0 Å². The van der Waals surface area contributed by atoms with Gasteiger partial charge in [0.2, 0.25) is 11.7 Å². The van der Waals surface area contributed by atoms with Crippen LogP contribution in [0, 0.1) is 0 Å². The predicted octanol–water partition coefficient (Wildman–Crippen LogP) is 4.41. The van der Waals surface area contributed by atoms with E-state index in [1.165, 1.54) is 17.8 Å². The third-order valence-corrected chi connectivity index (χ3v) is 4.50. The predicted molar refractivity (Wildman–Crippen MR) is 104 cm³/mol. The molecule has 0 atom stereocenters. The maximum atomic E-state index is 12.4. The van der Waals surface area contributed by atoms with Crippen molar-refractivity contribution in [3.05, 3.63) is 47.6 Å². The number of carbonyl (C=O) groups is 2. The van der Waals surface area contributed by atoms with Gasteiger partial charge in [0.1, 0.15) is 5.69 Å². The Hall–Kier alpha value is -3.39. The van der Waals surface area contributed by atoms with E-state index in [1.54, 1.807) is 37.5 Å². The van der Waals surface area contributed by atoms with Crippen LogP contribution in [0.15, 0.2) is 41.2 Å². The van der Waals surface area contributed by atoms with Crippen molar-refractivity contribution in [1.29, 1.82) is 0 Å². The summed E-state index contributed by atoms with van der Waals surface area (Å²) < 4.78 is 12.0. The Kier molecular flexibility index (Phi) is 4.48. The van der Waals surface area contributed by atoms with Gasteiger partial charge in [-0.25, -0.2) is 4.79 Å². The molecule has 4 rings (SSSR count). The van der Waals surface area contributed by atoms with Crippen LogP contribution < -0.4 is 5.32 Å². The number of fused-ring (bicyclic) bond motifs is 2. The summed E-state index contributed by atoms with van der Waals surface area (Å²) in [4.78, 5) is 28.2. The molecule has 0 radical (unpaired) electrons. The number of carbonyl (C=O) groups excluding carboxylic acids is 2. The molecule has 0 saturated heterocycles. The molecular formula is C19H15ClN4O4. The zero-order chi connectivity index (χ0) is 19.8. The van der Waals surface area contributed by atoms with E-state index in [1.807, 2.05) is 0 Å². The number of pyridine rings is 1. The van der Waals surface area contributed by atoms with E-state index in [-0.39, 0.29) is 18.3 Å². The Morgan fingerprint density at radius 1 is 1.25 bits per heavy atom. The first-order valence-electron chi connectivity index (χ1n) is 8.49. The normalized spacial score (nSPS) is 11.1. The topological polar surface area (TPSA) is 99.2 Å². The average Bonchev–Trinajstić information content (AvgIpc) is 3.27. The van der Waals surface area contributed by atoms with E-state index >= 15 is 0 Å². The van der Waals surface area contributed by atoms with E-state index in [4.69, 9.17) is 20.8 Å². The van der Waals surface area contributed by atoms with Gasteiger partial charge in [-0.2, -0.15) is 9.78 Å². The van der Waals surface area contributed by atoms with E-state index < -0.39 is 5.97 Å². The zero-order valence-electron chi connectivity index (χ0n) is 15.0. The molecule has 0 aliphatic rings. The summed E-state index contributed by atoms with van der Waals surface area (Å²) in [5, 5.41) is 9.01. The number of hydrogen-bond donors (Lipinski definition) is 1. The minimum Gasteiger partial charge on any atom is -0.460 e. The molecule has 0 spiro atoms. The van der Waals surface area contributed by atoms with Gasteiger partial charge in [0, 0.05) is 29.6 Å². The minimum atomic E-state index is -0.592. The molecular weight excluding hydrogens is 384 g/mol. The molecule has 3 aromatic heterocycles. The second-order valence-corrected chi connectivity index (χ2v) is 6.36. The van der Waals surface area contributed by atoms with Crippen molar-refractivity contribution in [1.82, 2.24) is 14.8 Å². The second-order valence-electron chi connectivity index (χ2n) is 5.96. The molecule has 0 unspecified atom stereocenters. The molecule has 3 heterocycles. The zero-order valence-corrected chi connectivity index (χ0v) is 15.8. The second kappa shape index (κ2) is 6.97. The number of ether oxygens (including phenoxy) is 1. The van der Waals surface area contributed by atoms with Crippen molar-refractivity contribution in [3.8, 4) is 0 Å². The van der Waals surface area contributed by atoms with E-state index in [2.05, 4.69) is 15.4 Å². The molecule has 0 amide bonds. The molecule has 0 aliphatic heterocycles. The van der Waals surface area contributed by atoms with Crippen LogP contribution in [-0.2, 0) is 4.74 Å². The summed E-state index contributed by atoms with van der Waals surface area (Å²) in [5.41, 5.74) is 1.97. The first kappa shape index (κ1) is 18.0. The lowest BCUT2D eigenvalue weighted by atomic mass is 10.2. The molecule has 1 N–H and O–H groups in total. The number of nitrogens with zero attached hydrogens (tertiary/aromatic N) is 3. The Morgan fingerprint density at radius 3 is 2.82 bits per heavy atom. The maximum Gasteiger partial charge on any atom is 0.376 e. The van der Waals surface area contributed by atoms with Crippen LogP contribution >= 0.6 is 11.6 Å². The van der Waals surface area contributed by atoms with Gasteiger partial charge in [-0.3, -0.25) is 9.78 Å². The van der Waals surface area contributed by atoms with Crippen molar-refractivity contribution in [2.45, 2.75) is 13.8 Å². The summed E-state index contributed by atoms with van der Waals surface area (Å²) in [7, 11) is 0. The van der Waals surface area contributed by atoms with Crippen LogP contribution in [0.1, 0.15) is 29.2 Å². The number of anilines is 2. The molecule has 8 nitrogen and oxygen atoms in total. The highest BCUT2D eigenvalue weighted by atomic mass is 35.5. The van der Waals surface area contributed by atoms with Gasteiger partial charge in [0.15, 0.2) is 5.58 Å². The van der Waals surface area contributed by atoms with Gasteiger partial charge in [-0.05, 0) is 25.1 Å². The van der Waals surface area contributed by atoms with Gasteiger partial charge >= 0.3 is 5.97 Å². The van der Waals surface area contributed by atoms with Gasteiger partial charge in [-0.15, -0.1) is 0 Å². The molecule has 4 aromatic rings. The standard InChI is InChI=1S/C19H15ClN4O4/c1-3-27-19(26)18-16(11-6-7-21-9-15(11)28-18)23-14-5-4-13(20)17-12(14)8-22-24(17)10(2)25/h4-9,23H,3H2,1-2H3. The molecule has 142 valence electrons. The summed E-state index contributed by atoms with van der Waals surface area (Å²) in [6, 6.07) is 5.13. The van der Waals surface area contributed by atoms with Gasteiger partial charge in [0.25, 0.3) is 0 Å². The van der Waals surface area contributed by atoms with Crippen LogP contribution in [0.4, 0.5) is 11.4 Å². The Balaban J connectivity index is 1.89.